The minimum Gasteiger partial charge on any atom is -0.505 e. The van der Waals surface area contributed by atoms with Gasteiger partial charge in [-0.3, -0.25) is 10.8 Å². The molecule has 2 aromatic rings. The molecule has 6 heteroatoms. The van der Waals surface area contributed by atoms with Gasteiger partial charge in [0.1, 0.15) is 5.71 Å². The lowest BCUT2D eigenvalue weighted by atomic mass is 10.1. The Labute approximate surface area is 164 Å². The van der Waals surface area contributed by atoms with Gasteiger partial charge in [0.2, 0.25) is 0 Å². The number of nitrogens with one attached hydrogen (secondary N) is 2. The summed E-state index contributed by atoms with van der Waals surface area (Å²) in [4.78, 5) is 2.14. The van der Waals surface area contributed by atoms with Crippen molar-refractivity contribution in [3.8, 4) is 5.75 Å². The third-order valence-electron chi connectivity index (χ3n) is 3.45. The number of nitrogens with zero attached hydrogens (tertiary/aromatic N) is 1. The summed E-state index contributed by atoms with van der Waals surface area (Å²) in [6.07, 6.45) is 5.50. The summed E-state index contributed by atoms with van der Waals surface area (Å²) in [7, 11) is 0. The number of hydrogen-bond acceptors (Lipinski definition) is 5. The zero-order chi connectivity index (χ0) is 17.8. The molecule has 0 unspecified atom stereocenters. The molecule has 126 valence electrons. The Morgan fingerprint density at radius 2 is 1.92 bits per heavy atom. The highest BCUT2D eigenvalue weighted by Gasteiger charge is 2.11. The minimum absolute atomic E-state index is 0.163. The second-order valence-corrected chi connectivity index (χ2v) is 7.77. The highest BCUT2D eigenvalue weighted by atomic mass is 127. The van der Waals surface area contributed by atoms with E-state index in [-0.39, 0.29) is 5.75 Å². The highest BCUT2D eigenvalue weighted by molar-refractivity contribution is 14.1. The van der Waals surface area contributed by atoms with E-state index < -0.39 is 0 Å². The van der Waals surface area contributed by atoms with Gasteiger partial charge >= 0.3 is 0 Å². The van der Waals surface area contributed by atoms with Crippen LogP contribution in [-0.2, 0) is 0 Å². The Morgan fingerprint density at radius 3 is 2.68 bits per heavy atom. The summed E-state index contributed by atoms with van der Waals surface area (Å²) < 4.78 is 0.759. The maximum Gasteiger partial charge on any atom is 0.153 e. The van der Waals surface area contributed by atoms with Crippen molar-refractivity contribution in [2.24, 2.45) is 5.10 Å². The van der Waals surface area contributed by atoms with Crippen LogP contribution in [-0.4, -0.2) is 16.5 Å². The predicted octanol–water partition coefficient (Wildman–Crippen LogP) is 5.34. The fourth-order valence-electron chi connectivity index (χ4n) is 2.23. The molecular weight excluding hydrogens is 445 g/mol. The van der Waals surface area contributed by atoms with Crippen molar-refractivity contribution in [1.29, 1.82) is 5.41 Å². The Morgan fingerprint density at radius 1 is 1.16 bits per heavy atom. The van der Waals surface area contributed by atoms with Gasteiger partial charge < -0.3 is 5.11 Å². The molecule has 4 nitrogen and oxygen atoms in total. The maximum atomic E-state index is 10.1. The van der Waals surface area contributed by atoms with Gasteiger partial charge in [0.05, 0.1) is 15.0 Å². The summed E-state index contributed by atoms with van der Waals surface area (Å²) in [6.45, 7) is 1.96. The molecule has 0 fully saturated rings. The largest absolute Gasteiger partial charge is 0.505 e. The number of aromatic hydroxyl groups is 1. The highest BCUT2D eigenvalue weighted by Crippen LogP contribution is 2.31. The van der Waals surface area contributed by atoms with Crippen molar-refractivity contribution in [2.45, 2.75) is 11.8 Å². The van der Waals surface area contributed by atoms with Gasteiger partial charge in [-0.05, 0) is 77.6 Å². The monoisotopic (exact) mass is 461 g/mol. The SMILES string of the molecule is Cc1cc(I)c(O)c(N/N=C2/C=C(Sc3ccccc3)C=CC2=N)c1. The predicted molar refractivity (Wildman–Crippen MR) is 114 cm³/mol. The molecule has 0 amide bonds. The summed E-state index contributed by atoms with van der Waals surface area (Å²) in [6, 6.07) is 13.8. The number of phenolic OH excluding ortho intramolecular Hbond substituents is 1. The molecule has 0 aromatic heterocycles. The first-order chi connectivity index (χ1) is 12.0. The molecule has 3 rings (SSSR count). The summed E-state index contributed by atoms with van der Waals surface area (Å²) in [5, 5.41) is 22.5. The van der Waals surface area contributed by atoms with E-state index in [2.05, 4.69) is 33.1 Å². The number of thioether (sulfide) groups is 1. The molecule has 2 aromatic carbocycles. The first-order valence-corrected chi connectivity index (χ1v) is 9.47. The van der Waals surface area contributed by atoms with Gasteiger partial charge in [-0.1, -0.05) is 30.0 Å². The average Bonchev–Trinajstić information content (AvgIpc) is 2.60. The minimum atomic E-state index is 0.163. The molecule has 0 aliphatic heterocycles. The number of aryl methyl sites for hydroxylation is 1. The van der Waals surface area contributed by atoms with E-state index in [1.807, 2.05) is 61.5 Å². The summed E-state index contributed by atoms with van der Waals surface area (Å²) in [5.41, 5.74) is 5.29. The number of rotatable bonds is 4. The Bertz CT molecular complexity index is 904. The second-order valence-electron chi connectivity index (χ2n) is 5.46. The van der Waals surface area contributed by atoms with Gasteiger partial charge in [0.25, 0.3) is 0 Å². The van der Waals surface area contributed by atoms with Gasteiger partial charge in [0.15, 0.2) is 5.75 Å². The van der Waals surface area contributed by atoms with E-state index in [1.54, 1.807) is 17.8 Å². The van der Waals surface area contributed by atoms with Crippen LogP contribution in [0.4, 0.5) is 5.69 Å². The van der Waals surface area contributed by atoms with Gasteiger partial charge in [0, 0.05) is 9.80 Å². The van der Waals surface area contributed by atoms with Crippen LogP contribution in [0.2, 0.25) is 0 Å². The van der Waals surface area contributed by atoms with Crippen molar-refractivity contribution in [1.82, 2.24) is 0 Å². The standard InChI is InChI=1S/C19H16IN3OS/c1-12-9-15(20)19(24)18(10-12)23-22-17-11-14(7-8-16(17)21)25-13-5-3-2-4-6-13/h2-11,21,23-24H,1H3/b21-16?,22-17-. The topological polar surface area (TPSA) is 68.5 Å². The molecule has 0 radical (unpaired) electrons. The van der Waals surface area contributed by atoms with E-state index in [1.165, 1.54) is 0 Å². The van der Waals surface area contributed by atoms with Gasteiger partial charge in [-0.15, -0.1) is 0 Å². The number of hydrogen-bond donors (Lipinski definition) is 3. The summed E-state index contributed by atoms with van der Waals surface area (Å²) >= 11 is 3.70. The molecule has 0 heterocycles. The first kappa shape index (κ1) is 17.8. The maximum absolute atomic E-state index is 10.1. The lowest BCUT2D eigenvalue weighted by Crippen LogP contribution is -2.13. The fourth-order valence-corrected chi connectivity index (χ4v) is 3.89. The molecule has 25 heavy (non-hydrogen) atoms. The van der Waals surface area contributed by atoms with Crippen LogP contribution in [0.1, 0.15) is 5.56 Å². The zero-order valence-electron chi connectivity index (χ0n) is 13.5. The molecule has 1 aliphatic rings. The molecule has 0 saturated heterocycles. The molecule has 0 spiro atoms. The van der Waals surface area contributed by atoms with E-state index >= 15 is 0 Å². The van der Waals surface area contributed by atoms with Crippen molar-refractivity contribution in [3.05, 3.63) is 74.7 Å². The van der Waals surface area contributed by atoms with Crippen LogP contribution < -0.4 is 5.43 Å². The number of halogens is 1. The number of phenols is 1. The van der Waals surface area contributed by atoms with Crippen molar-refractivity contribution in [3.63, 3.8) is 0 Å². The fraction of sp³-hybridized carbons (Fsp3) is 0.0526. The van der Waals surface area contributed by atoms with Crippen LogP contribution in [0.3, 0.4) is 0 Å². The second kappa shape index (κ2) is 7.88. The smallest absolute Gasteiger partial charge is 0.153 e. The van der Waals surface area contributed by atoms with Crippen molar-refractivity contribution < 1.29 is 5.11 Å². The van der Waals surface area contributed by atoms with E-state index in [0.717, 1.165) is 18.9 Å². The molecule has 0 atom stereocenters. The molecule has 1 aliphatic carbocycles. The van der Waals surface area contributed by atoms with Crippen LogP contribution in [0.15, 0.2) is 75.6 Å². The Balaban J connectivity index is 1.82. The van der Waals surface area contributed by atoms with Crippen LogP contribution in [0.25, 0.3) is 0 Å². The van der Waals surface area contributed by atoms with Crippen LogP contribution in [0.5, 0.6) is 5.75 Å². The normalized spacial score (nSPS) is 15.4. The number of benzene rings is 2. The molecule has 0 bridgehead atoms. The quantitative estimate of drug-likeness (QED) is 0.249. The summed E-state index contributed by atoms with van der Waals surface area (Å²) in [5.74, 6) is 0.163. The van der Waals surface area contributed by atoms with E-state index in [0.29, 0.717) is 17.1 Å². The molecule has 0 saturated carbocycles. The number of anilines is 1. The van der Waals surface area contributed by atoms with E-state index in [4.69, 9.17) is 5.41 Å². The third-order valence-corrected chi connectivity index (χ3v) is 5.27. The van der Waals surface area contributed by atoms with Gasteiger partial charge in [-0.2, -0.15) is 5.10 Å². The molecular formula is C19H16IN3OS. The number of allylic oxidation sites excluding steroid dienone is 3. The first-order valence-electron chi connectivity index (χ1n) is 7.57. The van der Waals surface area contributed by atoms with Crippen molar-refractivity contribution in [2.75, 3.05) is 5.43 Å². The van der Waals surface area contributed by atoms with Crippen LogP contribution >= 0.6 is 34.4 Å². The van der Waals surface area contributed by atoms with E-state index in [9.17, 15) is 5.11 Å². The third kappa shape index (κ3) is 4.52. The van der Waals surface area contributed by atoms with Crippen molar-refractivity contribution >= 4 is 51.5 Å². The zero-order valence-corrected chi connectivity index (χ0v) is 16.4. The van der Waals surface area contributed by atoms with Crippen LogP contribution in [0, 0.1) is 15.9 Å². The Hall–Kier alpha value is -2.06. The Kier molecular flexibility index (Phi) is 5.60. The average molecular weight is 461 g/mol. The lowest BCUT2D eigenvalue weighted by Gasteiger charge is -2.11. The van der Waals surface area contributed by atoms with Gasteiger partial charge in [-0.25, -0.2) is 0 Å². The lowest BCUT2D eigenvalue weighted by molar-refractivity contribution is 0.473. The molecule has 3 N–H and O–H groups in total. The number of hydrazone groups is 1.